The number of carbonyl (C=O) groups excluding carboxylic acids is 1. The van der Waals surface area contributed by atoms with Crippen molar-refractivity contribution in [3.8, 4) is 5.69 Å². The molecule has 106 valence electrons. The van der Waals surface area contributed by atoms with Gasteiger partial charge in [0.2, 0.25) is 0 Å². The molecule has 0 aliphatic carbocycles. The molecule has 0 bridgehead atoms. The first-order valence-electron chi connectivity index (χ1n) is 7.03. The van der Waals surface area contributed by atoms with Crippen LogP contribution in [0.15, 0.2) is 30.3 Å². The molecule has 0 unspecified atom stereocenters. The molecule has 4 heteroatoms. The number of aromatic nitrogens is 2. The number of unbranched alkanes of at least 4 members (excludes halogenated alkanes) is 1. The Morgan fingerprint density at radius 1 is 1.25 bits per heavy atom. The van der Waals surface area contributed by atoms with Gasteiger partial charge in [-0.2, -0.15) is 5.10 Å². The third-order valence-corrected chi connectivity index (χ3v) is 3.20. The summed E-state index contributed by atoms with van der Waals surface area (Å²) in [5, 5.41) is 7.35. The second-order valence-corrected chi connectivity index (χ2v) is 5.00. The number of nitrogens with zero attached hydrogens (tertiary/aromatic N) is 2. The van der Waals surface area contributed by atoms with Crippen molar-refractivity contribution < 1.29 is 4.79 Å². The molecule has 0 radical (unpaired) electrons. The van der Waals surface area contributed by atoms with Gasteiger partial charge < -0.3 is 5.32 Å². The molecule has 20 heavy (non-hydrogen) atoms. The maximum atomic E-state index is 11.9. The Labute approximate surface area is 119 Å². The molecule has 4 nitrogen and oxygen atoms in total. The Morgan fingerprint density at radius 3 is 2.50 bits per heavy atom. The van der Waals surface area contributed by atoms with E-state index in [-0.39, 0.29) is 5.91 Å². The Kier molecular flexibility index (Phi) is 4.56. The number of hydrogen-bond donors (Lipinski definition) is 1. The lowest BCUT2D eigenvalue weighted by Crippen LogP contribution is -2.24. The molecule has 0 saturated heterocycles. The maximum Gasteiger partial charge on any atom is 0.251 e. The zero-order valence-corrected chi connectivity index (χ0v) is 12.3. The van der Waals surface area contributed by atoms with E-state index in [9.17, 15) is 4.79 Å². The fourth-order valence-electron chi connectivity index (χ4n) is 2.13. The van der Waals surface area contributed by atoms with Crippen LogP contribution in [0.5, 0.6) is 0 Å². The van der Waals surface area contributed by atoms with Crippen LogP contribution in [-0.2, 0) is 0 Å². The summed E-state index contributed by atoms with van der Waals surface area (Å²) in [6, 6.07) is 9.56. The van der Waals surface area contributed by atoms with Crippen molar-refractivity contribution in [3.63, 3.8) is 0 Å². The van der Waals surface area contributed by atoms with Crippen molar-refractivity contribution in [2.45, 2.75) is 33.6 Å². The highest BCUT2D eigenvalue weighted by atomic mass is 16.1. The Morgan fingerprint density at radius 2 is 1.95 bits per heavy atom. The van der Waals surface area contributed by atoms with Gasteiger partial charge >= 0.3 is 0 Å². The van der Waals surface area contributed by atoms with Gasteiger partial charge in [0.05, 0.1) is 11.4 Å². The first-order valence-corrected chi connectivity index (χ1v) is 7.03. The van der Waals surface area contributed by atoms with Gasteiger partial charge in [0.1, 0.15) is 0 Å². The predicted octanol–water partition coefficient (Wildman–Crippen LogP) is 3.02. The number of benzene rings is 1. The molecule has 0 spiro atoms. The van der Waals surface area contributed by atoms with Crippen molar-refractivity contribution in [2.24, 2.45) is 0 Å². The molecule has 0 fully saturated rings. The van der Waals surface area contributed by atoms with E-state index in [1.54, 1.807) is 0 Å². The largest absolute Gasteiger partial charge is 0.352 e. The molecular weight excluding hydrogens is 250 g/mol. The van der Waals surface area contributed by atoms with Crippen molar-refractivity contribution in [3.05, 3.63) is 47.3 Å². The highest BCUT2D eigenvalue weighted by molar-refractivity contribution is 5.94. The predicted molar refractivity (Wildman–Crippen MR) is 80.3 cm³/mol. The average Bonchev–Trinajstić information content (AvgIpc) is 2.78. The summed E-state index contributed by atoms with van der Waals surface area (Å²) in [6.45, 7) is 6.83. The Bertz CT molecular complexity index is 584. The van der Waals surface area contributed by atoms with Gasteiger partial charge in [-0.1, -0.05) is 13.3 Å². The van der Waals surface area contributed by atoms with E-state index >= 15 is 0 Å². The lowest BCUT2D eigenvalue weighted by atomic mass is 10.2. The quantitative estimate of drug-likeness (QED) is 0.850. The summed E-state index contributed by atoms with van der Waals surface area (Å²) in [6.07, 6.45) is 2.09. The van der Waals surface area contributed by atoms with Crippen LogP contribution in [-0.4, -0.2) is 22.2 Å². The van der Waals surface area contributed by atoms with Crippen LogP contribution in [0.4, 0.5) is 0 Å². The fraction of sp³-hybridized carbons (Fsp3) is 0.375. The molecule has 2 rings (SSSR count). The van der Waals surface area contributed by atoms with E-state index in [4.69, 9.17) is 0 Å². The Hall–Kier alpha value is -2.10. The fourth-order valence-corrected chi connectivity index (χ4v) is 2.13. The number of amides is 1. The Balaban J connectivity index is 2.10. The van der Waals surface area contributed by atoms with Crippen LogP contribution in [0.3, 0.4) is 0 Å². The minimum atomic E-state index is -0.0154. The van der Waals surface area contributed by atoms with Crippen molar-refractivity contribution in [1.82, 2.24) is 15.1 Å². The number of carbonyl (C=O) groups is 1. The SMILES string of the molecule is CCCCNC(=O)c1ccc(-n2nc(C)cc2C)cc1. The summed E-state index contributed by atoms with van der Waals surface area (Å²) in [4.78, 5) is 11.9. The van der Waals surface area contributed by atoms with E-state index < -0.39 is 0 Å². The smallest absolute Gasteiger partial charge is 0.251 e. The van der Waals surface area contributed by atoms with E-state index in [0.717, 1.165) is 36.5 Å². The van der Waals surface area contributed by atoms with Crippen molar-refractivity contribution in [2.75, 3.05) is 6.54 Å². The van der Waals surface area contributed by atoms with Gasteiger partial charge in [-0.05, 0) is 50.6 Å². The summed E-state index contributed by atoms with van der Waals surface area (Å²) in [7, 11) is 0. The number of hydrogen-bond acceptors (Lipinski definition) is 2. The molecule has 0 atom stereocenters. The molecule has 1 aromatic heterocycles. The average molecular weight is 271 g/mol. The summed E-state index contributed by atoms with van der Waals surface area (Å²) >= 11 is 0. The zero-order chi connectivity index (χ0) is 14.5. The normalized spacial score (nSPS) is 10.6. The first kappa shape index (κ1) is 14.3. The monoisotopic (exact) mass is 271 g/mol. The lowest BCUT2D eigenvalue weighted by molar-refractivity contribution is 0.0953. The molecule has 0 aliphatic rings. The van der Waals surface area contributed by atoms with Gasteiger partial charge in [-0.25, -0.2) is 4.68 Å². The molecule has 2 aromatic rings. The highest BCUT2D eigenvalue weighted by Crippen LogP contribution is 2.13. The topological polar surface area (TPSA) is 46.9 Å². The van der Waals surface area contributed by atoms with Crippen LogP contribution in [0, 0.1) is 13.8 Å². The van der Waals surface area contributed by atoms with Crippen LogP contribution in [0.2, 0.25) is 0 Å². The van der Waals surface area contributed by atoms with Gasteiger partial charge in [0.25, 0.3) is 5.91 Å². The summed E-state index contributed by atoms with van der Waals surface area (Å²) in [5.74, 6) is -0.0154. The van der Waals surface area contributed by atoms with Crippen LogP contribution < -0.4 is 5.32 Å². The molecule has 0 saturated carbocycles. The first-order chi connectivity index (χ1) is 9.61. The second-order valence-electron chi connectivity index (χ2n) is 5.00. The van der Waals surface area contributed by atoms with Gasteiger partial charge in [0, 0.05) is 17.8 Å². The van der Waals surface area contributed by atoms with E-state index in [1.807, 2.05) is 48.9 Å². The lowest BCUT2D eigenvalue weighted by Gasteiger charge is -2.07. The second kappa shape index (κ2) is 6.37. The molecule has 1 aromatic carbocycles. The number of nitrogens with one attached hydrogen (secondary N) is 1. The number of rotatable bonds is 5. The van der Waals surface area contributed by atoms with Crippen LogP contribution in [0.1, 0.15) is 41.5 Å². The van der Waals surface area contributed by atoms with Crippen molar-refractivity contribution >= 4 is 5.91 Å². The molecule has 1 heterocycles. The van der Waals surface area contributed by atoms with Gasteiger partial charge in [-0.3, -0.25) is 4.79 Å². The molecule has 0 aliphatic heterocycles. The maximum absolute atomic E-state index is 11.9. The molecular formula is C16H21N3O. The number of aryl methyl sites for hydroxylation is 2. The van der Waals surface area contributed by atoms with Gasteiger partial charge in [-0.15, -0.1) is 0 Å². The summed E-state index contributed by atoms with van der Waals surface area (Å²) < 4.78 is 1.88. The van der Waals surface area contributed by atoms with E-state index in [1.165, 1.54) is 0 Å². The zero-order valence-electron chi connectivity index (χ0n) is 12.3. The molecule has 1 N–H and O–H groups in total. The molecule has 1 amide bonds. The van der Waals surface area contributed by atoms with Crippen molar-refractivity contribution in [1.29, 1.82) is 0 Å². The minimum absolute atomic E-state index is 0.0154. The third kappa shape index (κ3) is 3.26. The van der Waals surface area contributed by atoms with Gasteiger partial charge in [0.15, 0.2) is 0 Å². The highest BCUT2D eigenvalue weighted by Gasteiger charge is 2.07. The van der Waals surface area contributed by atoms with Crippen LogP contribution in [0.25, 0.3) is 5.69 Å². The van der Waals surface area contributed by atoms with E-state index in [2.05, 4.69) is 17.3 Å². The van der Waals surface area contributed by atoms with Crippen LogP contribution >= 0.6 is 0 Å². The standard InChI is InChI=1S/C16H21N3O/c1-4-5-10-17-16(20)14-6-8-15(9-7-14)19-13(3)11-12(2)18-19/h6-9,11H,4-5,10H2,1-3H3,(H,17,20). The minimum Gasteiger partial charge on any atom is -0.352 e. The summed E-state index contributed by atoms with van der Waals surface area (Å²) in [5.41, 5.74) is 3.73. The third-order valence-electron chi connectivity index (χ3n) is 3.20. The van der Waals surface area contributed by atoms with E-state index in [0.29, 0.717) is 5.56 Å².